The Bertz CT molecular complexity index is 433. The van der Waals surface area contributed by atoms with E-state index in [1.165, 1.54) is 44.3 Å². The summed E-state index contributed by atoms with van der Waals surface area (Å²) in [6.45, 7) is 7.33. The molecule has 2 unspecified atom stereocenters. The van der Waals surface area contributed by atoms with Gasteiger partial charge in [0.2, 0.25) is 0 Å². The third-order valence-electron chi connectivity index (χ3n) is 5.39. The summed E-state index contributed by atoms with van der Waals surface area (Å²) in [7, 11) is 0. The molecule has 2 heteroatoms. The van der Waals surface area contributed by atoms with E-state index >= 15 is 0 Å². The molecule has 0 aromatic heterocycles. The van der Waals surface area contributed by atoms with E-state index in [4.69, 9.17) is 5.73 Å². The van der Waals surface area contributed by atoms with Gasteiger partial charge in [0, 0.05) is 23.7 Å². The molecule has 0 spiro atoms. The third kappa shape index (κ3) is 2.51. The van der Waals surface area contributed by atoms with Gasteiger partial charge < -0.3 is 5.73 Å². The second-order valence-corrected chi connectivity index (χ2v) is 6.73. The molecule has 19 heavy (non-hydrogen) atoms. The number of anilines is 1. The fourth-order valence-electron chi connectivity index (χ4n) is 3.56. The Balaban J connectivity index is 1.73. The van der Waals surface area contributed by atoms with Crippen molar-refractivity contribution in [1.29, 1.82) is 0 Å². The van der Waals surface area contributed by atoms with Crippen molar-refractivity contribution in [3.63, 3.8) is 0 Å². The van der Waals surface area contributed by atoms with Crippen LogP contribution in [0.15, 0.2) is 24.3 Å². The number of nitrogen functional groups attached to an aromatic ring is 1. The van der Waals surface area contributed by atoms with E-state index in [9.17, 15) is 0 Å². The highest BCUT2D eigenvalue weighted by atomic mass is 15.2. The van der Waals surface area contributed by atoms with Gasteiger partial charge >= 0.3 is 0 Å². The van der Waals surface area contributed by atoms with Gasteiger partial charge in [0.1, 0.15) is 0 Å². The highest BCUT2D eigenvalue weighted by Gasteiger charge is 2.46. The highest BCUT2D eigenvalue weighted by molar-refractivity contribution is 5.43. The standard InChI is InChI=1S/C17H26N2/c1-13-4-3-11-19(14(13)2)12-17(9-10-17)15-5-7-16(18)8-6-15/h5-8,13-14H,3-4,9-12,18H2,1-2H3. The maximum Gasteiger partial charge on any atom is 0.0314 e. The van der Waals surface area contributed by atoms with E-state index in [2.05, 4.69) is 43.0 Å². The van der Waals surface area contributed by atoms with Gasteiger partial charge in [-0.15, -0.1) is 0 Å². The van der Waals surface area contributed by atoms with Crippen molar-refractivity contribution in [2.75, 3.05) is 18.8 Å². The van der Waals surface area contributed by atoms with Crippen molar-refractivity contribution in [3.8, 4) is 0 Å². The number of likely N-dealkylation sites (tertiary alicyclic amines) is 1. The van der Waals surface area contributed by atoms with Crippen LogP contribution in [-0.2, 0) is 5.41 Å². The molecule has 1 saturated carbocycles. The summed E-state index contributed by atoms with van der Waals surface area (Å²) >= 11 is 0. The largest absolute Gasteiger partial charge is 0.399 e. The smallest absolute Gasteiger partial charge is 0.0314 e. The zero-order valence-electron chi connectivity index (χ0n) is 12.2. The normalized spacial score (nSPS) is 30.2. The number of piperidine rings is 1. The Morgan fingerprint density at radius 2 is 1.89 bits per heavy atom. The van der Waals surface area contributed by atoms with Crippen LogP contribution >= 0.6 is 0 Å². The molecule has 1 saturated heterocycles. The molecule has 3 rings (SSSR count). The van der Waals surface area contributed by atoms with Gasteiger partial charge in [0.05, 0.1) is 0 Å². The molecule has 1 aliphatic heterocycles. The van der Waals surface area contributed by atoms with Gasteiger partial charge in [-0.1, -0.05) is 19.1 Å². The van der Waals surface area contributed by atoms with Crippen LogP contribution < -0.4 is 5.73 Å². The van der Waals surface area contributed by atoms with E-state index < -0.39 is 0 Å². The Morgan fingerprint density at radius 1 is 1.21 bits per heavy atom. The minimum atomic E-state index is 0.430. The van der Waals surface area contributed by atoms with Gasteiger partial charge in [-0.25, -0.2) is 0 Å². The van der Waals surface area contributed by atoms with E-state index in [0.29, 0.717) is 5.41 Å². The molecule has 104 valence electrons. The van der Waals surface area contributed by atoms with Crippen molar-refractivity contribution >= 4 is 5.69 Å². The van der Waals surface area contributed by atoms with E-state index in [1.54, 1.807) is 0 Å². The van der Waals surface area contributed by atoms with E-state index in [-0.39, 0.29) is 0 Å². The second-order valence-electron chi connectivity index (χ2n) is 6.73. The molecule has 2 aliphatic rings. The predicted octanol–water partition coefficient (Wildman–Crippen LogP) is 3.42. The molecule has 1 aromatic carbocycles. The lowest BCUT2D eigenvalue weighted by atomic mass is 9.88. The molecule has 1 heterocycles. The second kappa shape index (κ2) is 4.82. The SMILES string of the molecule is CC1CCCN(CC2(c3ccc(N)cc3)CC2)C1C. The molecule has 0 radical (unpaired) electrons. The highest BCUT2D eigenvalue weighted by Crippen LogP contribution is 2.49. The van der Waals surface area contributed by atoms with Crippen LogP contribution in [0.2, 0.25) is 0 Å². The fraction of sp³-hybridized carbons (Fsp3) is 0.647. The molecule has 0 amide bonds. The summed E-state index contributed by atoms with van der Waals surface area (Å²) in [5.74, 6) is 0.843. The quantitative estimate of drug-likeness (QED) is 0.842. The summed E-state index contributed by atoms with van der Waals surface area (Å²) in [5.41, 5.74) is 8.60. The number of hydrogen-bond acceptors (Lipinski definition) is 2. The number of benzene rings is 1. The predicted molar refractivity (Wildman–Crippen MR) is 81.2 cm³/mol. The summed E-state index contributed by atoms with van der Waals surface area (Å²) in [5, 5.41) is 0. The lowest BCUT2D eigenvalue weighted by molar-refractivity contribution is 0.103. The number of nitrogens with two attached hydrogens (primary N) is 1. The topological polar surface area (TPSA) is 29.3 Å². The van der Waals surface area contributed by atoms with Crippen LogP contribution in [0.4, 0.5) is 5.69 Å². The average Bonchev–Trinajstić information content (AvgIpc) is 3.17. The van der Waals surface area contributed by atoms with Crippen molar-refractivity contribution in [2.45, 2.75) is 51.0 Å². The summed E-state index contributed by atoms with van der Waals surface area (Å²) in [6.07, 6.45) is 5.44. The molecule has 1 aliphatic carbocycles. The zero-order chi connectivity index (χ0) is 13.5. The zero-order valence-corrected chi connectivity index (χ0v) is 12.2. The van der Waals surface area contributed by atoms with Gasteiger partial charge in [-0.05, 0) is 62.8 Å². The van der Waals surface area contributed by atoms with Crippen LogP contribution in [0.3, 0.4) is 0 Å². The maximum atomic E-state index is 5.80. The van der Waals surface area contributed by atoms with Crippen molar-refractivity contribution < 1.29 is 0 Å². The average molecular weight is 258 g/mol. The summed E-state index contributed by atoms with van der Waals surface area (Å²) in [6, 6.07) is 9.32. The molecule has 2 nitrogen and oxygen atoms in total. The number of rotatable bonds is 3. The Labute approximate surface area is 117 Å². The number of hydrogen-bond donors (Lipinski definition) is 1. The number of nitrogens with zero attached hydrogens (tertiary/aromatic N) is 1. The molecule has 2 N–H and O–H groups in total. The first kappa shape index (κ1) is 13.0. The minimum Gasteiger partial charge on any atom is -0.399 e. The molecule has 2 fully saturated rings. The molecular formula is C17H26N2. The van der Waals surface area contributed by atoms with Gasteiger partial charge in [0.25, 0.3) is 0 Å². The molecular weight excluding hydrogens is 232 g/mol. The van der Waals surface area contributed by atoms with Gasteiger partial charge in [-0.3, -0.25) is 4.90 Å². The summed E-state index contributed by atoms with van der Waals surface area (Å²) < 4.78 is 0. The lowest BCUT2D eigenvalue weighted by Gasteiger charge is -2.40. The van der Waals surface area contributed by atoms with Gasteiger partial charge in [-0.2, -0.15) is 0 Å². The van der Waals surface area contributed by atoms with Crippen molar-refractivity contribution in [2.24, 2.45) is 5.92 Å². The van der Waals surface area contributed by atoms with Crippen LogP contribution in [0.25, 0.3) is 0 Å². The lowest BCUT2D eigenvalue weighted by Crippen LogP contribution is -2.45. The Hall–Kier alpha value is -1.02. The van der Waals surface area contributed by atoms with Gasteiger partial charge in [0.15, 0.2) is 0 Å². The molecule has 1 aromatic rings. The minimum absolute atomic E-state index is 0.430. The van der Waals surface area contributed by atoms with Crippen LogP contribution in [-0.4, -0.2) is 24.0 Å². The Morgan fingerprint density at radius 3 is 2.53 bits per heavy atom. The van der Waals surface area contributed by atoms with Crippen LogP contribution in [0.1, 0.15) is 45.1 Å². The van der Waals surface area contributed by atoms with Crippen LogP contribution in [0, 0.1) is 5.92 Å². The van der Waals surface area contributed by atoms with Crippen molar-refractivity contribution in [1.82, 2.24) is 4.90 Å². The first-order valence-corrected chi connectivity index (χ1v) is 7.71. The monoisotopic (exact) mass is 258 g/mol. The molecule has 2 atom stereocenters. The first-order valence-electron chi connectivity index (χ1n) is 7.71. The fourth-order valence-corrected chi connectivity index (χ4v) is 3.56. The first-order chi connectivity index (χ1) is 9.11. The van der Waals surface area contributed by atoms with E-state index in [0.717, 1.165) is 17.6 Å². The maximum absolute atomic E-state index is 5.80. The summed E-state index contributed by atoms with van der Waals surface area (Å²) in [4.78, 5) is 2.72. The third-order valence-corrected chi connectivity index (χ3v) is 5.39. The Kier molecular flexibility index (Phi) is 3.30. The molecule has 0 bridgehead atoms. The van der Waals surface area contributed by atoms with Crippen molar-refractivity contribution in [3.05, 3.63) is 29.8 Å². The van der Waals surface area contributed by atoms with E-state index in [1.807, 2.05) is 0 Å². The van der Waals surface area contributed by atoms with Crippen LogP contribution in [0.5, 0.6) is 0 Å².